The van der Waals surface area contributed by atoms with Gasteiger partial charge >= 0.3 is 5.97 Å². The molecule has 1 heterocycles. The summed E-state index contributed by atoms with van der Waals surface area (Å²) in [4.78, 5) is 24.2. The van der Waals surface area contributed by atoms with Crippen LogP contribution >= 0.6 is 0 Å². The number of carboxylic acid groups (broad SMARTS) is 1. The van der Waals surface area contributed by atoms with E-state index in [9.17, 15) is 22.8 Å². The lowest BCUT2D eigenvalue weighted by Crippen LogP contribution is -2.16. The van der Waals surface area contributed by atoms with Gasteiger partial charge in [-0.05, 0) is 36.4 Å². The molecule has 0 aliphatic rings. The molecule has 0 amide bonds. The Kier molecular flexibility index (Phi) is 4.94. The Hall–Kier alpha value is -4.14. The lowest BCUT2D eigenvalue weighted by atomic mass is 10.0. The number of carbonyl (C=O) groups excluding carboxylic acids is 1. The van der Waals surface area contributed by atoms with Gasteiger partial charge in [-0.25, -0.2) is 18.0 Å². The molecule has 0 saturated heterocycles. The summed E-state index contributed by atoms with van der Waals surface area (Å²) < 4.78 is 49.2. The van der Waals surface area contributed by atoms with Gasteiger partial charge < -0.3 is 9.84 Å². The number of aromatic carboxylic acids is 1. The van der Waals surface area contributed by atoms with Crippen LogP contribution in [0.15, 0.2) is 54.6 Å². The van der Waals surface area contributed by atoms with Crippen LogP contribution in [0, 0.1) is 17.5 Å². The molecule has 0 saturated carbocycles. The van der Waals surface area contributed by atoms with Gasteiger partial charge in [0.1, 0.15) is 34.5 Å². The normalized spacial score (nSPS) is 11.0. The third-order valence-corrected chi connectivity index (χ3v) is 4.73. The fourth-order valence-electron chi connectivity index (χ4n) is 3.31. The molecule has 0 bridgehead atoms. The summed E-state index contributed by atoms with van der Waals surface area (Å²) in [5, 5.41) is 13.0. The van der Waals surface area contributed by atoms with E-state index < -0.39 is 40.5 Å². The predicted molar refractivity (Wildman–Crippen MR) is 105 cm³/mol. The van der Waals surface area contributed by atoms with Gasteiger partial charge in [-0.1, -0.05) is 18.2 Å². The van der Waals surface area contributed by atoms with Gasteiger partial charge in [-0.2, -0.15) is 9.78 Å². The molecule has 3 aromatic carbocycles. The van der Waals surface area contributed by atoms with Gasteiger partial charge in [0, 0.05) is 5.56 Å². The van der Waals surface area contributed by atoms with Crippen molar-refractivity contribution in [2.45, 2.75) is 0 Å². The first-order chi connectivity index (χ1) is 14.8. The van der Waals surface area contributed by atoms with Crippen LogP contribution in [0.4, 0.5) is 13.2 Å². The number of benzene rings is 3. The number of fused-ring (bicyclic) bond motifs is 1. The van der Waals surface area contributed by atoms with Crippen molar-refractivity contribution in [2.24, 2.45) is 0 Å². The standard InChI is InChI=1S/C22H13F3N2O4/c1-31-17-7-3-5-14(24)19(17)21(28)27-16-6-2-4-13(23)18(16)20(26-27)11-8-9-12(22(29)30)15(25)10-11/h2-10H,1H3,(H,29,30). The zero-order chi connectivity index (χ0) is 22.3. The van der Waals surface area contributed by atoms with Crippen molar-refractivity contribution < 1.29 is 32.6 Å². The Morgan fingerprint density at radius 2 is 1.68 bits per heavy atom. The highest BCUT2D eigenvalue weighted by Gasteiger charge is 2.25. The second-order valence-electron chi connectivity index (χ2n) is 6.52. The molecule has 0 radical (unpaired) electrons. The van der Waals surface area contributed by atoms with Gasteiger partial charge in [0.15, 0.2) is 0 Å². The van der Waals surface area contributed by atoms with Crippen molar-refractivity contribution in [3.8, 4) is 17.0 Å². The molecule has 0 spiro atoms. The van der Waals surface area contributed by atoms with E-state index in [0.29, 0.717) is 0 Å². The second kappa shape index (κ2) is 7.60. The SMILES string of the molecule is COc1cccc(F)c1C(=O)n1nc(-c2ccc(C(=O)O)c(F)c2)c2c(F)cccc21. The van der Waals surface area contributed by atoms with Crippen molar-refractivity contribution in [3.05, 3.63) is 83.2 Å². The molecule has 31 heavy (non-hydrogen) atoms. The molecule has 4 aromatic rings. The summed E-state index contributed by atoms with van der Waals surface area (Å²) in [6.45, 7) is 0. The van der Waals surface area contributed by atoms with Crippen LogP contribution in [0.1, 0.15) is 20.7 Å². The first-order valence-electron chi connectivity index (χ1n) is 8.91. The number of aromatic nitrogens is 2. The molecule has 4 rings (SSSR count). The van der Waals surface area contributed by atoms with E-state index in [1.807, 2.05) is 0 Å². The Morgan fingerprint density at radius 1 is 0.968 bits per heavy atom. The van der Waals surface area contributed by atoms with Gasteiger partial charge in [0.2, 0.25) is 0 Å². The summed E-state index contributed by atoms with van der Waals surface area (Å²) in [6, 6.07) is 10.9. The van der Waals surface area contributed by atoms with Crippen LogP contribution in [0.2, 0.25) is 0 Å². The van der Waals surface area contributed by atoms with E-state index in [-0.39, 0.29) is 27.9 Å². The molecule has 0 aliphatic heterocycles. The fraction of sp³-hybridized carbons (Fsp3) is 0.0455. The Labute approximate surface area is 173 Å². The minimum absolute atomic E-state index is 0.0213. The molecule has 1 aromatic heterocycles. The van der Waals surface area contributed by atoms with Crippen LogP contribution in [0.25, 0.3) is 22.2 Å². The number of ether oxygens (including phenoxy) is 1. The Morgan fingerprint density at radius 3 is 2.35 bits per heavy atom. The molecular weight excluding hydrogens is 413 g/mol. The van der Waals surface area contributed by atoms with E-state index in [1.165, 1.54) is 37.4 Å². The van der Waals surface area contributed by atoms with Gasteiger partial charge in [-0.15, -0.1) is 0 Å². The number of hydrogen-bond donors (Lipinski definition) is 1. The zero-order valence-corrected chi connectivity index (χ0v) is 15.9. The minimum Gasteiger partial charge on any atom is -0.496 e. The summed E-state index contributed by atoms with van der Waals surface area (Å²) in [7, 11) is 1.27. The van der Waals surface area contributed by atoms with E-state index in [4.69, 9.17) is 9.84 Å². The van der Waals surface area contributed by atoms with Crippen molar-refractivity contribution in [3.63, 3.8) is 0 Å². The fourth-order valence-corrected chi connectivity index (χ4v) is 3.31. The molecule has 0 aliphatic carbocycles. The van der Waals surface area contributed by atoms with Crippen LogP contribution in [-0.2, 0) is 0 Å². The topological polar surface area (TPSA) is 81.4 Å². The summed E-state index contributed by atoms with van der Waals surface area (Å²) in [5.74, 6) is -5.07. The first kappa shape index (κ1) is 20.1. The van der Waals surface area contributed by atoms with Crippen LogP contribution < -0.4 is 4.74 Å². The van der Waals surface area contributed by atoms with Crippen molar-refractivity contribution >= 4 is 22.8 Å². The number of hydrogen-bond acceptors (Lipinski definition) is 4. The lowest BCUT2D eigenvalue weighted by Gasteiger charge is -2.09. The number of halogens is 3. The average Bonchev–Trinajstić information content (AvgIpc) is 3.13. The first-order valence-corrected chi connectivity index (χ1v) is 8.91. The van der Waals surface area contributed by atoms with Crippen molar-refractivity contribution in [1.82, 2.24) is 9.78 Å². The van der Waals surface area contributed by atoms with E-state index >= 15 is 0 Å². The maximum Gasteiger partial charge on any atom is 0.338 e. The Balaban J connectivity index is 1.97. The third-order valence-electron chi connectivity index (χ3n) is 4.73. The van der Waals surface area contributed by atoms with Gasteiger partial charge in [0.25, 0.3) is 5.91 Å². The Bertz CT molecular complexity index is 1360. The molecular formula is C22H13F3N2O4. The summed E-state index contributed by atoms with van der Waals surface area (Å²) in [6.07, 6.45) is 0. The monoisotopic (exact) mass is 426 g/mol. The molecule has 6 nitrogen and oxygen atoms in total. The smallest absolute Gasteiger partial charge is 0.338 e. The lowest BCUT2D eigenvalue weighted by molar-refractivity contribution is 0.0691. The van der Waals surface area contributed by atoms with Crippen LogP contribution in [0.3, 0.4) is 0 Å². The molecule has 156 valence electrons. The zero-order valence-electron chi connectivity index (χ0n) is 15.9. The minimum atomic E-state index is -1.47. The number of carbonyl (C=O) groups is 2. The van der Waals surface area contributed by atoms with Crippen molar-refractivity contribution in [1.29, 1.82) is 0 Å². The van der Waals surface area contributed by atoms with Gasteiger partial charge in [0.05, 0.1) is 23.6 Å². The molecule has 0 unspecified atom stereocenters. The highest BCUT2D eigenvalue weighted by Crippen LogP contribution is 2.32. The van der Waals surface area contributed by atoms with E-state index in [2.05, 4.69) is 5.10 Å². The number of carboxylic acids is 1. The largest absolute Gasteiger partial charge is 0.496 e. The second-order valence-corrected chi connectivity index (χ2v) is 6.52. The average molecular weight is 426 g/mol. The van der Waals surface area contributed by atoms with Crippen LogP contribution in [-0.4, -0.2) is 33.9 Å². The van der Waals surface area contributed by atoms with Crippen LogP contribution in [0.5, 0.6) is 5.75 Å². The quantitative estimate of drug-likeness (QED) is 0.519. The highest BCUT2D eigenvalue weighted by molar-refractivity contribution is 6.06. The van der Waals surface area contributed by atoms with Gasteiger partial charge in [-0.3, -0.25) is 4.79 Å². The summed E-state index contributed by atoms with van der Waals surface area (Å²) >= 11 is 0. The molecule has 0 atom stereocenters. The third kappa shape index (κ3) is 3.29. The number of methoxy groups -OCH3 is 1. The maximum atomic E-state index is 14.7. The molecule has 0 fully saturated rings. The number of rotatable bonds is 4. The maximum absolute atomic E-state index is 14.7. The summed E-state index contributed by atoms with van der Waals surface area (Å²) in [5.41, 5.74) is -1.01. The molecule has 9 heteroatoms. The predicted octanol–water partition coefficient (Wildman–Crippen LogP) is 4.52. The van der Waals surface area contributed by atoms with E-state index in [1.54, 1.807) is 0 Å². The molecule has 1 N–H and O–H groups in total. The number of nitrogens with zero attached hydrogens (tertiary/aromatic N) is 2. The highest BCUT2D eigenvalue weighted by atomic mass is 19.1. The van der Waals surface area contributed by atoms with Crippen molar-refractivity contribution in [2.75, 3.05) is 7.11 Å². The van der Waals surface area contributed by atoms with E-state index in [0.717, 1.165) is 28.9 Å².